The highest BCUT2D eigenvalue weighted by Crippen LogP contribution is 2.30. The van der Waals surface area contributed by atoms with E-state index in [9.17, 15) is 9.59 Å². The monoisotopic (exact) mass is 525 g/mol. The minimum atomic E-state index is -0.818. The van der Waals surface area contributed by atoms with Gasteiger partial charge in [0.25, 0.3) is 5.91 Å². The smallest absolute Gasteiger partial charge is 0.290 e. The van der Waals surface area contributed by atoms with Gasteiger partial charge in [-0.2, -0.15) is 0 Å². The molecule has 3 heterocycles. The molecular weight excluding hydrogens is 490 g/mol. The van der Waals surface area contributed by atoms with Crippen LogP contribution in [0.15, 0.2) is 58.3 Å². The molecule has 1 unspecified atom stereocenters. The Bertz CT molecular complexity index is 1160. The number of methoxy groups -OCH3 is 1. The minimum absolute atomic E-state index is 0.210. The van der Waals surface area contributed by atoms with Gasteiger partial charge in [0.05, 0.1) is 26.9 Å². The summed E-state index contributed by atoms with van der Waals surface area (Å²) in [5, 5.41) is 4.98. The first-order valence-electron chi connectivity index (χ1n) is 12.4. The number of amides is 2. The van der Waals surface area contributed by atoms with Crippen molar-refractivity contribution in [3.63, 3.8) is 0 Å². The fraction of sp³-hybridized carbons (Fsp3) is 0.429. The first-order chi connectivity index (χ1) is 17.7. The van der Waals surface area contributed by atoms with E-state index in [-0.39, 0.29) is 24.1 Å². The Kier molecular flexibility index (Phi) is 8.68. The van der Waals surface area contributed by atoms with Crippen molar-refractivity contribution in [3.8, 4) is 5.75 Å². The van der Waals surface area contributed by atoms with Gasteiger partial charge < -0.3 is 24.1 Å². The summed E-state index contributed by atoms with van der Waals surface area (Å²) in [4.78, 5) is 32.2. The number of hydrogen-bond acceptors (Lipinski definition) is 7. The molecule has 1 aliphatic rings. The normalized spacial score (nSPS) is 15.2. The fourth-order valence-electron chi connectivity index (χ4n) is 4.22. The minimum Gasteiger partial charge on any atom is -0.497 e. The van der Waals surface area contributed by atoms with E-state index >= 15 is 0 Å². The maximum Gasteiger partial charge on any atom is 0.290 e. The molecule has 1 fully saturated rings. The maximum atomic E-state index is 14.0. The molecule has 9 heteroatoms. The summed E-state index contributed by atoms with van der Waals surface area (Å²) < 4.78 is 16.7. The summed E-state index contributed by atoms with van der Waals surface area (Å²) in [6, 6.07) is 14.0. The zero-order valence-electron chi connectivity index (χ0n) is 21.9. The average Bonchev–Trinajstić information content (AvgIpc) is 3.56. The van der Waals surface area contributed by atoms with Crippen LogP contribution in [-0.4, -0.2) is 60.6 Å². The largest absolute Gasteiger partial charge is 0.497 e. The maximum absolute atomic E-state index is 14.0. The molecule has 0 saturated carbocycles. The van der Waals surface area contributed by atoms with E-state index in [2.05, 4.69) is 10.2 Å². The van der Waals surface area contributed by atoms with Crippen LogP contribution in [0.5, 0.6) is 5.75 Å². The number of nitrogens with zero attached hydrogens (tertiary/aromatic N) is 2. The molecule has 4 rings (SSSR count). The van der Waals surface area contributed by atoms with E-state index in [0.29, 0.717) is 25.5 Å². The summed E-state index contributed by atoms with van der Waals surface area (Å²) in [6.07, 6.45) is 0. The van der Waals surface area contributed by atoms with Gasteiger partial charge in [0.1, 0.15) is 17.6 Å². The lowest BCUT2D eigenvalue weighted by atomic mass is 10.1. The number of rotatable bonds is 9. The van der Waals surface area contributed by atoms with Gasteiger partial charge >= 0.3 is 0 Å². The molecule has 37 heavy (non-hydrogen) atoms. The van der Waals surface area contributed by atoms with Crippen LogP contribution in [0.3, 0.4) is 0 Å². The molecule has 1 aromatic carbocycles. The SMILES string of the molecule is COc1ccc(CN(C(=O)c2ccc(CN3CCOCC3)o2)C(C(=O)NC(C)(C)C)c2cccs2)cc1. The van der Waals surface area contributed by atoms with Gasteiger partial charge in [-0.1, -0.05) is 18.2 Å². The third-order valence-corrected chi connectivity index (χ3v) is 6.92. The van der Waals surface area contributed by atoms with Gasteiger partial charge in [0.2, 0.25) is 5.91 Å². The molecule has 198 valence electrons. The summed E-state index contributed by atoms with van der Waals surface area (Å²) in [5.74, 6) is 1.06. The van der Waals surface area contributed by atoms with E-state index in [1.54, 1.807) is 18.1 Å². The quantitative estimate of drug-likeness (QED) is 0.444. The topological polar surface area (TPSA) is 84.2 Å². The number of benzene rings is 1. The molecule has 0 radical (unpaired) electrons. The number of furan rings is 1. The van der Waals surface area contributed by atoms with Crippen molar-refractivity contribution in [1.82, 2.24) is 15.1 Å². The Hall–Kier alpha value is -3.14. The standard InChI is InChI=1S/C28H35N3O5S/c1-28(2,3)29-26(32)25(24-6-5-17-37-24)31(18-20-7-9-21(34-4)10-8-20)27(33)23-12-11-22(36-23)19-30-13-15-35-16-14-30/h5-12,17,25H,13-16,18-19H2,1-4H3,(H,29,32). The van der Waals surface area contributed by atoms with Crippen molar-refractivity contribution in [3.05, 3.63) is 75.9 Å². The molecule has 0 aliphatic carbocycles. The Morgan fingerprint density at radius 2 is 1.84 bits per heavy atom. The Balaban J connectivity index is 1.66. The second-order valence-corrected chi connectivity index (χ2v) is 11.1. The number of hydrogen-bond donors (Lipinski definition) is 1. The number of carbonyl (C=O) groups excluding carboxylic acids is 2. The van der Waals surface area contributed by atoms with Crippen LogP contribution in [0.25, 0.3) is 0 Å². The van der Waals surface area contributed by atoms with E-state index in [0.717, 1.165) is 29.3 Å². The van der Waals surface area contributed by atoms with Crippen molar-refractivity contribution in [2.45, 2.75) is 45.4 Å². The number of ether oxygens (including phenoxy) is 2. The second-order valence-electron chi connectivity index (χ2n) is 10.1. The first-order valence-corrected chi connectivity index (χ1v) is 13.3. The highest BCUT2D eigenvalue weighted by atomic mass is 32.1. The highest BCUT2D eigenvalue weighted by Gasteiger charge is 2.35. The molecule has 0 spiro atoms. The molecule has 8 nitrogen and oxygen atoms in total. The Labute approximate surface area is 222 Å². The lowest BCUT2D eigenvalue weighted by Crippen LogP contribution is -2.48. The average molecular weight is 526 g/mol. The summed E-state index contributed by atoms with van der Waals surface area (Å²) in [5.41, 5.74) is 0.414. The van der Waals surface area contributed by atoms with Gasteiger partial charge in [0.15, 0.2) is 5.76 Å². The van der Waals surface area contributed by atoms with Crippen LogP contribution in [0.4, 0.5) is 0 Å². The zero-order chi connectivity index (χ0) is 26.4. The van der Waals surface area contributed by atoms with Crippen molar-refractivity contribution in [2.24, 2.45) is 0 Å². The number of thiophene rings is 1. The number of nitrogens with one attached hydrogen (secondary N) is 1. The van der Waals surface area contributed by atoms with E-state index < -0.39 is 11.6 Å². The van der Waals surface area contributed by atoms with Crippen LogP contribution < -0.4 is 10.1 Å². The van der Waals surface area contributed by atoms with E-state index in [1.165, 1.54) is 11.3 Å². The lowest BCUT2D eigenvalue weighted by Gasteiger charge is -2.32. The lowest BCUT2D eigenvalue weighted by molar-refractivity contribution is -0.127. The van der Waals surface area contributed by atoms with Gasteiger partial charge in [-0.3, -0.25) is 14.5 Å². The fourth-order valence-corrected chi connectivity index (χ4v) is 5.05. The summed E-state index contributed by atoms with van der Waals surface area (Å²) in [7, 11) is 1.61. The van der Waals surface area contributed by atoms with Crippen LogP contribution in [0, 0.1) is 0 Å². The molecule has 1 N–H and O–H groups in total. The first kappa shape index (κ1) is 26.9. The predicted molar refractivity (Wildman–Crippen MR) is 143 cm³/mol. The zero-order valence-corrected chi connectivity index (χ0v) is 22.7. The molecule has 2 aromatic heterocycles. The molecule has 0 bridgehead atoms. The van der Waals surface area contributed by atoms with Crippen molar-refractivity contribution >= 4 is 23.2 Å². The van der Waals surface area contributed by atoms with Gasteiger partial charge in [-0.05, 0) is 62.0 Å². The molecule has 2 amide bonds. The van der Waals surface area contributed by atoms with Crippen LogP contribution in [-0.2, 0) is 22.6 Å². The number of morpholine rings is 1. The predicted octanol–water partition coefficient (Wildman–Crippen LogP) is 4.48. The van der Waals surface area contributed by atoms with Crippen LogP contribution >= 0.6 is 11.3 Å². The third kappa shape index (κ3) is 7.21. The van der Waals surface area contributed by atoms with Gasteiger partial charge in [0, 0.05) is 30.1 Å². The molecule has 1 aliphatic heterocycles. The van der Waals surface area contributed by atoms with Gasteiger partial charge in [-0.25, -0.2) is 0 Å². The highest BCUT2D eigenvalue weighted by molar-refractivity contribution is 7.10. The number of carbonyl (C=O) groups is 2. The third-order valence-electron chi connectivity index (χ3n) is 6.00. The Morgan fingerprint density at radius 1 is 1.11 bits per heavy atom. The molecule has 3 aromatic rings. The molecule has 1 saturated heterocycles. The van der Waals surface area contributed by atoms with Crippen molar-refractivity contribution < 1.29 is 23.5 Å². The molecular formula is C28H35N3O5S. The van der Waals surface area contributed by atoms with Crippen LogP contribution in [0.1, 0.15) is 53.6 Å². The van der Waals surface area contributed by atoms with E-state index in [1.807, 2.05) is 68.6 Å². The summed E-state index contributed by atoms with van der Waals surface area (Å²) >= 11 is 1.45. The van der Waals surface area contributed by atoms with Crippen LogP contribution in [0.2, 0.25) is 0 Å². The molecule has 1 atom stereocenters. The van der Waals surface area contributed by atoms with Crippen molar-refractivity contribution in [2.75, 3.05) is 33.4 Å². The summed E-state index contributed by atoms with van der Waals surface area (Å²) in [6.45, 7) is 9.63. The Morgan fingerprint density at radius 3 is 2.46 bits per heavy atom. The van der Waals surface area contributed by atoms with Gasteiger partial charge in [-0.15, -0.1) is 11.3 Å². The van der Waals surface area contributed by atoms with Crippen molar-refractivity contribution in [1.29, 1.82) is 0 Å². The second kappa shape index (κ2) is 11.9. The van der Waals surface area contributed by atoms with E-state index in [4.69, 9.17) is 13.9 Å².